The van der Waals surface area contributed by atoms with Crippen LogP contribution in [0, 0.1) is 5.92 Å². The predicted molar refractivity (Wildman–Crippen MR) is 60.6 cm³/mol. The van der Waals surface area contributed by atoms with E-state index in [-0.39, 0.29) is 0 Å². The molecular weight excluding hydrogens is 172 g/mol. The van der Waals surface area contributed by atoms with Crippen molar-refractivity contribution in [2.24, 2.45) is 5.92 Å². The van der Waals surface area contributed by atoms with Gasteiger partial charge >= 0.3 is 0 Å². The molecule has 14 heavy (non-hydrogen) atoms. The minimum atomic E-state index is 0.444. The number of aromatic hydroxyl groups is 1. The highest BCUT2D eigenvalue weighted by Crippen LogP contribution is 2.34. The van der Waals surface area contributed by atoms with E-state index in [0.717, 1.165) is 18.4 Å². The van der Waals surface area contributed by atoms with Crippen LogP contribution in [0.3, 0.4) is 0 Å². The first-order chi connectivity index (χ1) is 6.70. The van der Waals surface area contributed by atoms with Crippen molar-refractivity contribution in [3.8, 4) is 5.75 Å². The Hall–Kier alpha value is -0.980. The minimum Gasteiger partial charge on any atom is -0.508 e. The van der Waals surface area contributed by atoms with Crippen LogP contribution in [0.1, 0.15) is 45.1 Å². The maximum Gasteiger partial charge on any atom is 0.119 e. The predicted octanol–water partition coefficient (Wildman–Crippen LogP) is 3.93. The molecule has 0 saturated carbocycles. The molecule has 0 spiro atoms. The summed E-state index contributed by atoms with van der Waals surface area (Å²) in [5.41, 5.74) is 1.10. The van der Waals surface area contributed by atoms with Gasteiger partial charge in [0, 0.05) is 0 Å². The molecular formula is C13H20O. The van der Waals surface area contributed by atoms with Crippen LogP contribution in [0.15, 0.2) is 24.3 Å². The zero-order valence-electron chi connectivity index (χ0n) is 9.33. The molecule has 0 saturated heterocycles. The van der Waals surface area contributed by atoms with Gasteiger partial charge in [-0.2, -0.15) is 0 Å². The van der Waals surface area contributed by atoms with Crippen molar-refractivity contribution < 1.29 is 5.11 Å². The summed E-state index contributed by atoms with van der Waals surface area (Å²) >= 11 is 0. The van der Waals surface area contributed by atoms with Gasteiger partial charge in [-0.15, -0.1) is 0 Å². The summed E-state index contributed by atoms with van der Waals surface area (Å²) in [7, 11) is 0. The van der Waals surface area contributed by atoms with Crippen LogP contribution in [0.25, 0.3) is 0 Å². The fourth-order valence-corrected chi connectivity index (χ4v) is 2.01. The van der Waals surface area contributed by atoms with Gasteiger partial charge in [0.05, 0.1) is 0 Å². The molecule has 1 aromatic carbocycles. The molecule has 0 fully saturated rings. The lowest BCUT2D eigenvalue weighted by atomic mass is 9.83. The van der Waals surface area contributed by atoms with Gasteiger partial charge in [-0.25, -0.2) is 0 Å². The van der Waals surface area contributed by atoms with Gasteiger partial charge in [0.25, 0.3) is 0 Å². The summed E-state index contributed by atoms with van der Waals surface area (Å²) in [4.78, 5) is 0. The molecule has 0 aliphatic rings. The summed E-state index contributed by atoms with van der Waals surface area (Å²) in [6.07, 6.45) is 2.25. The molecule has 0 heterocycles. The van der Waals surface area contributed by atoms with Gasteiger partial charge in [0.15, 0.2) is 0 Å². The van der Waals surface area contributed by atoms with E-state index < -0.39 is 0 Å². The number of benzene rings is 1. The number of hydrogen-bond donors (Lipinski definition) is 1. The molecule has 1 aromatic rings. The van der Waals surface area contributed by atoms with Gasteiger partial charge in [-0.05, 0) is 29.9 Å². The Balaban J connectivity index is 2.94. The van der Waals surface area contributed by atoms with Crippen molar-refractivity contribution in [2.75, 3.05) is 0 Å². The van der Waals surface area contributed by atoms with Gasteiger partial charge in [0.1, 0.15) is 5.75 Å². The molecule has 1 rings (SSSR count). The normalized spacial score (nSPS) is 15.1. The molecule has 1 N–H and O–H groups in total. The molecule has 0 radical (unpaired) electrons. The second-order valence-electron chi connectivity index (χ2n) is 3.96. The first kappa shape index (κ1) is 11.1. The van der Waals surface area contributed by atoms with Crippen molar-refractivity contribution in [3.05, 3.63) is 29.8 Å². The van der Waals surface area contributed by atoms with Crippen LogP contribution in [0.2, 0.25) is 0 Å². The maximum atomic E-state index is 9.76. The van der Waals surface area contributed by atoms with Crippen molar-refractivity contribution in [2.45, 2.75) is 39.5 Å². The van der Waals surface area contributed by atoms with Crippen LogP contribution < -0.4 is 0 Å². The number of rotatable bonds is 4. The molecule has 0 aromatic heterocycles. The molecule has 0 amide bonds. The van der Waals surface area contributed by atoms with Crippen LogP contribution >= 0.6 is 0 Å². The zero-order chi connectivity index (χ0) is 10.6. The Morgan fingerprint density at radius 1 is 1.14 bits per heavy atom. The van der Waals surface area contributed by atoms with Crippen LogP contribution in [-0.2, 0) is 0 Å². The Labute approximate surface area is 86.8 Å². The molecule has 2 atom stereocenters. The number of para-hydroxylation sites is 1. The first-order valence-corrected chi connectivity index (χ1v) is 5.48. The Morgan fingerprint density at radius 3 is 2.29 bits per heavy atom. The molecule has 0 aliphatic heterocycles. The lowest BCUT2D eigenvalue weighted by Gasteiger charge is -2.22. The van der Waals surface area contributed by atoms with E-state index in [1.165, 1.54) is 0 Å². The van der Waals surface area contributed by atoms with E-state index in [2.05, 4.69) is 20.8 Å². The SMILES string of the molecule is CC[C@H](c1ccccc1O)[C@@H](C)CC. The maximum absolute atomic E-state index is 9.76. The van der Waals surface area contributed by atoms with Crippen LogP contribution in [0.5, 0.6) is 5.75 Å². The monoisotopic (exact) mass is 192 g/mol. The second-order valence-corrected chi connectivity index (χ2v) is 3.96. The smallest absolute Gasteiger partial charge is 0.119 e. The van der Waals surface area contributed by atoms with E-state index in [1.54, 1.807) is 6.07 Å². The third-order valence-electron chi connectivity index (χ3n) is 3.11. The van der Waals surface area contributed by atoms with E-state index in [1.807, 2.05) is 18.2 Å². The summed E-state index contributed by atoms with van der Waals surface area (Å²) in [6, 6.07) is 7.69. The summed E-state index contributed by atoms with van der Waals surface area (Å²) in [6.45, 7) is 6.64. The Morgan fingerprint density at radius 2 is 1.79 bits per heavy atom. The Bertz CT molecular complexity index is 280. The van der Waals surface area contributed by atoms with Crippen LogP contribution in [0.4, 0.5) is 0 Å². The van der Waals surface area contributed by atoms with Crippen molar-refractivity contribution >= 4 is 0 Å². The van der Waals surface area contributed by atoms with Crippen molar-refractivity contribution in [3.63, 3.8) is 0 Å². The third kappa shape index (κ3) is 2.28. The molecule has 78 valence electrons. The average molecular weight is 192 g/mol. The number of phenolic OH excluding ortho intramolecular Hbond substituents is 1. The van der Waals surface area contributed by atoms with Gasteiger partial charge in [-0.3, -0.25) is 0 Å². The molecule has 1 heteroatoms. The molecule has 0 unspecified atom stereocenters. The summed E-state index contributed by atoms with van der Waals surface area (Å²) < 4.78 is 0. The summed E-state index contributed by atoms with van der Waals surface area (Å²) in [5, 5.41) is 9.76. The average Bonchev–Trinajstić information content (AvgIpc) is 2.21. The van der Waals surface area contributed by atoms with Crippen molar-refractivity contribution in [1.82, 2.24) is 0 Å². The minimum absolute atomic E-state index is 0.444. The lowest BCUT2D eigenvalue weighted by molar-refractivity contribution is 0.405. The van der Waals surface area contributed by atoms with Gasteiger partial charge < -0.3 is 5.11 Å². The van der Waals surface area contributed by atoms with E-state index in [9.17, 15) is 5.11 Å². The van der Waals surface area contributed by atoms with Crippen LogP contribution in [-0.4, -0.2) is 5.11 Å². The fourth-order valence-electron chi connectivity index (χ4n) is 2.01. The second kappa shape index (κ2) is 5.04. The van der Waals surface area contributed by atoms with Gasteiger partial charge in [0.2, 0.25) is 0 Å². The molecule has 1 nitrogen and oxygen atoms in total. The molecule has 0 aliphatic carbocycles. The number of hydrogen-bond acceptors (Lipinski definition) is 1. The largest absolute Gasteiger partial charge is 0.508 e. The third-order valence-corrected chi connectivity index (χ3v) is 3.11. The van der Waals surface area contributed by atoms with E-state index in [0.29, 0.717) is 17.6 Å². The quantitative estimate of drug-likeness (QED) is 0.766. The van der Waals surface area contributed by atoms with Crippen molar-refractivity contribution in [1.29, 1.82) is 0 Å². The topological polar surface area (TPSA) is 20.2 Å². The number of phenols is 1. The highest BCUT2D eigenvalue weighted by molar-refractivity contribution is 5.35. The zero-order valence-corrected chi connectivity index (χ0v) is 9.33. The highest BCUT2D eigenvalue weighted by atomic mass is 16.3. The Kier molecular flexibility index (Phi) is 3.99. The highest BCUT2D eigenvalue weighted by Gasteiger charge is 2.18. The van der Waals surface area contributed by atoms with E-state index >= 15 is 0 Å². The lowest BCUT2D eigenvalue weighted by Crippen LogP contribution is -2.08. The fraction of sp³-hybridized carbons (Fsp3) is 0.538. The van der Waals surface area contributed by atoms with E-state index in [4.69, 9.17) is 0 Å². The summed E-state index contributed by atoms with van der Waals surface area (Å²) in [5.74, 6) is 1.56. The first-order valence-electron chi connectivity index (χ1n) is 5.48. The molecule has 0 bridgehead atoms. The standard InChI is InChI=1S/C13H20O/c1-4-10(3)11(5-2)12-8-6-7-9-13(12)14/h6-11,14H,4-5H2,1-3H3/t10-,11-/m0/s1. The van der Waals surface area contributed by atoms with Gasteiger partial charge in [-0.1, -0.05) is 45.4 Å².